The predicted octanol–water partition coefficient (Wildman–Crippen LogP) is 3.37. The largest absolute Gasteiger partial charge is 0.265 e. The van der Waals surface area contributed by atoms with Gasteiger partial charge in [0.2, 0.25) is 0 Å². The van der Waals surface area contributed by atoms with Crippen molar-refractivity contribution in [3.05, 3.63) is 28.6 Å². The van der Waals surface area contributed by atoms with E-state index < -0.39 is 6.43 Å². The number of rotatable bonds is 2. The van der Waals surface area contributed by atoms with Gasteiger partial charge in [-0.05, 0) is 25.5 Å². The molecule has 1 aromatic rings. The number of hydrogen-bond donors (Lipinski definition) is 0. The molecule has 72 valence electrons. The average Bonchev–Trinajstić information content (AvgIpc) is 2.01. The van der Waals surface area contributed by atoms with E-state index in [4.69, 9.17) is 11.6 Å². The summed E-state index contributed by atoms with van der Waals surface area (Å²) >= 11 is 5.56. The molecule has 0 aromatic carbocycles. The van der Waals surface area contributed by atoms with Crippen LogP contribution < -0.4 is 0 Å². The van der Waals surface area contributed by atoms with Gasteiger partial charge in [-0.15, -0.1) is 11.6 Å². The fraction of sp³-hybridized carbons (Fsp3) is 0.444. The van der Waals surface area contributed by atoms with Gasteiger partial charge in [0.05, 0.1) is 0 Å². The van der Waals surface area contributed by atoms with Crippen LogP contribution in [0.2, 0.25) is 0 Å². The summed E-state index contributed by atoms with van der Waals surface area (Å²) in [5.41, 5.74) is 1.53. The predicted molar refractivity (Wildman–Crippen MR) is 48.2 cm³/mol. The summed E-state index contributed by atoms with van der Waals surface area (Å²) in [6, 6.07) is 1.60. The maximum Gasteiger partial charge on any atom is 0.265 e. The number of nitrogens with zero attached hydrogens (tertiary/aromatic N) is 1. The first-order valence-electron chi connectivity index (χ1n) is 3.87. The molecule has 4 heteroatoms. The van der Waals surface area contributed by atoms with E-state index in [1.54, 1.807) is 19.9 Å². The lowest BCUT2D eigenvalue weighted by Gasteiger charge is -2.09. The minimum atomic E-state index is -2.50. The third kappa shape index (κ3) is 2.15. The van der Waals surface area contributed by atoms with Gasteiger partial charge in [0.25, 0.3) is 6.43 Å². The van der Waals surface area contributed by atoms with Crippen LogP contribution in [0.4, 0.5) is 8.78 Å². The zero-order chi connectivity index (χ0) is 10.0. The monoisotopic (exact) mass is 205 g/mol. The van der Waals surface area contributed by atoms with Crippen LogP contribution in [0.1, 0.15) is 28.9 Å². The van der Waals surface area contributed by atoms with Gasteiger partial charge in [0.15, 0.2) is 0 Å². The molecule has 0 aliphatic carbocycles. The Morgan fingerprint density at radius 1 is 1.46 bits per heavy atom. The number of aryl methyl sites for hydroxylation is 2. The van der Waals surface area contributed by atoms with Crippen molar-refractivity contribution in [1.82, 2.24) is 4.98 Å². The maximum atomic E-state index is 12.5. The molecule has 0 amide bonds. The first-order chi connectivity index (χ1) is 6.06. The van der Waals surface area contributed by atoms with E-state index in [-0.39, 0.29) is 11.4 Å². The summed E-state index contributed by atoms with van der Waals surface area (Å²) in [6.07, 6.45) is -2.50. The minimum Gasteiger partial charge on any atom is -0.258 e. The molecule has 0 bridgehead atoms. The van der Waals surface area contributed by atoms with E-state index >= 15 is 0 Å². The molecule has 0 spiro atoms. The Kier molecular flexibility index (Phi) is 3.20. The van der Waals surface area contributed by atoms with E-state index in [1.807, 2.05) is 0 Å². The van der Waals surface area contributed by atoms with E-state index in [2.05, 4.69) is 4.98 Å². The van der Waals surface area contributed by atoms with Crippen molar-refractivity contribution in [3.8, 4) is 0 Å². The van der Waals surface area contributed by atoms with Crippen LogP contribution in [0, 0.1) is 13.8 Å². The number of pyridine rings is 1. The molecule has 0 saturated carbocycles. The van der Waals surface area contributed by atoms with Crippen molar-refractivity contribution in [1.29, 1.82) is 0 Å². The van der Waals surface area contributed by atoms with Crippen molar-refractivity contribution in [2.24, 2.45) is 0 Å². The SMILES string of the molecule is Cc1cc(CCl)c(C(F)F)c(C)n1. The lowest BCUT2D eigenvalue weighted by atomic mass is 10.1. The highest BCUT2D eigenvalue weighted by Gasteiger charge is 2.16. The van der Waals surface area contributed by atoms with E-state index in [1.165, 1.54) is 0 Å². The molecule has 1 heterocycles. The summed E-state index contributed by atoms with van der Waals surface area (Å²) in [7, 11) is 0. The number of alkyl halides is 3. The van der Waals surface area contributed by atoms with Crippen LogP contribution in [0.25, 0.3) is 0 Å². The highest BCUT2D eigenvalue weighted by atomic mass is 35.5. The van der Waals surface area contributed by atoms with Crippen molar-refractivity contribution in [3.63, 3.8) is 0 Å². The standard InChI is InChI=1S/C9H10ClF2N/c1-5-3-7(4-10)8(9(11)12)6(2)13-5/h3,9H,4H2,1-2H3. The number of aromatic nitrogens is 1. The van der Waals surface area contributed by atoms with Crippen LogP contribution in [-0.2, 0) is 5.88 Å². The third-order valence-electron chi connectivity index (χ3n) is 1.83. The molecule has 13 heavy (non-hydrogen) atoms. The third-order valence-corrected chi connectivity index (χ3v) is 2.11. The van der Waals surface area contributed by atoms with Gasteiger partial charge in [0, 0.05) is 22.8 Å². The van der Waals surface area contributed by atoms with Gasteiger partial charge in [-0.2, -0.15) is 0 Å². The molecule has 0 aliphatic heterocycles. The Morgan fingerprint density at radius 2 is 2.08 bits per heavy atom. The van der Waals surface area contributed by atoms with Crippen LogP contribution in [0.5, 0.6) is 0 Å². The van der Waals surface area contributed by atoms with E-state index in [9.17, 15) is 8.78 Å². The molecular formula is C9H10ClF2N. The lowest BCUT2D eigenvalue weighted by molar-refractivity contribution is 0.149. The maximum absolute atomic E-state index is 12.5. The van der Waals surface area contributed by atoms with Crippen molar-refractivity contribution >= 4 is 11.6 Å². The smallest absolute Gasteiger partial charge is 0.258 e. The number of hydrogen-bond acceptors (Lipinski definition) is 1. The van der Waals surface area contributed by atoms with Crippen molar-refractivity contribution < 1.29 is 8.78 Å². The zero-order valence-corrected chi connectivity index (χ0v) is 8.20. The van der Waals surface area contributed by atoms with Gasteiger partial charge in [0.1, 0.15) is 0 Å². The average molecular weight is 206 g/mol. The molecule has 0 radical (unpaired) electrons. The van der Waals surface area contributed by atoms with Gasteiger partial charge in [-0.3, -0.25) is 4.98 Å². The molecule has 1 nitrogen and oxygen atoms in total. The highest BCUT2D eigenvalue weighted by molar-refractivity contribution is 6.17. The molecule has 0 unspecified atom stereocenters. The molecule has 0 saturated heterocycles. The highest BCUT2D eigenvalue weighted by Crippen LogP contribution is 2.26. The van der Waals surface area contributed by atoms with Gasteiger partial charge < -0.3 is 0 Å². The summed E-state index contributed by atoms with van der Waals surface area (Å²) < 4.78 is 25.0. The first kappa shape index (κ1) is 10.4. The van der Waals surface area contributed by atoms with Crippen molar-refractivity contribution in [2.75, 3.05) is 0 Å². The van der Waals surface area contributed by atoms with Gasteiger partial charge in [-0.1, -0.05) is 0 Å². The Labute approximate surface area is 80.7 Å². The van der Waals surface area contributed by atoms with E-state index in [0.717, 1.165) is 5.69 Å². The lowest BCUT2D eigenvalue weighted by Crippen LogP contribution is -2.00. The Morgan fingerprint density at radius 3 is 2.54 bits per heavy atom. The summed E-state index contributed by atoms with van der Waals surface area (Å²) in [6.45, 7) is 3.34. The van der Waals surface area contributed by atoms with Crippen LogP contribution in [0.3, 0.4) is 0 Å². The van der Waals surface area contributed by atoms with Crippen LogP contribution in [0.15, 0.2) is 6.07 Å². The quantitative estimate of drug-likeness (QED) is 0.675. The molecule has 1 rings (SSSR count). The Hall–Kier alpha value is -0.700. The second-order valence-corrected chi connectivity index (χ2v) is 3.12. The Bertz CT molecular complexity index is 313. The molecule has 0 atom stereocenters. The first-order valence-corrected chi connectivity index (χ1v) is 4.41. The minimum absolute atomic E-state index is 0.0272. The Balaban J connectivity index is 3.30. The summed E-state index contributed by atoms with van der Waals surface area (Å²) in [5, 5.41) is 0. The van der Waals surface area contributed by atoms with Crippen LogP contribution >= 0.6 is 11.6 Å². The van der Waals surface area contributed by atoms with E-state index in [0.29, 0.717) is 11.3 Å². The zero-order valence-electron chi connectivity index (χ0n) is 7.44. The molecular weight excluding hydrogens is 196 g/mol. The summed E-state index contributed by atoms with van der Waals surface area (Å²) in [4.78, 5) is 3.96. The number of halogens is 3. The molecule has 0 fully saturated rings. The topological polar surface area (TPSA) is 12.9 Å². The second-order valence-electron chi connectivity index (χ2n) is 2.86. The fourth-order valence-corrected chi connectivity index (χ4v) is 1.55. The molecule has 0 aliphatic rings. The fourth-order valence-electron chi connectivity index (χ4n) is 1.33. The normalized spacial score (nSPS) is 10.9. The summed E-state index contributed by atoms with van der Waals surface area (Å²) in [5.74, 6) is 0.101. The van der Waals surface area contributed by atoms with Gasteiger partial charge >= 0.3 is 0 Å². The van der Waals surface area contributed by atoms with Gasteiger partial charge in [-0.25, -0.2) is 8.78 Å². The second kappa shape index (κ2) is 4.01. The van der Waals surface area contributed by atoms with Crippen molar-refractivity contribution in [2.45, 2.75) is 26.2 Å². The molecule has 0 N–H and O–H groups in total. The van der Waals surface area contributed by atoms with Crippen LogP contribution in [-0.4, -0.2) is 4.98 Å². The molecule has 1 aromatic heterocycles.